The standard InChI is InChI=1S/C10H20NO3PS/c1-9(2)13-15(12,14-10(3,4)5)16-8-6-7-11/h9H,6,8H2,1-5H3. The van der Waals surface area contributed by atoms with Crippen molar-refractivity contribution in [2.75, 3.05) is 5.75 Å². The maximum atomic E-state index is 12.3. The van der Waals surface area contributed by atoms with Crippen molar-refractivity contribution in [1.29, 1.82) is 5.26 Å². The van der Waals surface area contributed by atoms with Crippen LogP contribution in [0.25, 0.3) is 0 Å². The van der Waals surface area contributed by atoms with Crippen molar-refractivity contribution in [1.82, 2.24) is 0 Å². The van der Waals surface area contributed by atoms with Crippen LogP contribution in [-0.4, -0.2) is 17.5 Å². The minimum absolute atomic E-state index is 0.164. The Morgan fingerprint density at radius 2 is 2.00 bits per heavy atom. The predicted molar refractivity (Wildman–Crippen MR) is 67.4 cm³/mol. The zero-order chi connectivity index (χ0) is 12.8. The van der Waals surface area contributed by atoms with Crippen LogP contribution in [0.1, 0.15) is 41.0 Å². The van der Waals surface area contributed by atoms with Gasteiger partial charge in [0.25, 0.3) is 0 Å². The molecule has 6 heteroatoms. The van der Waals surface area contributed by atoms with Crippen molar-refractivity contribution in [2.24, 2.45) is 0 Å². The topological polar surface area (TPSA) is 59.3 Å². The molecule has 0 bridgehead atoms. The molecule has 0 heterocycles. The molecule has 94 valence electrons. The second-order valence-electron chi connectivity index (χ2n) is 4.55. The summed E-state index contributed by atoms with van der Waals surface area (Å²) in [5.74, 6) is 0.455. The maximum absolute atomic E-state index is 12.3. The van der Waals surface area contributed by atoms with Gasteiger partial charge in [-0.25, -0.2) is 4.57 Å². The lowest BCUT2D eigenvalue weighted by molar-refractivity contribution is 0.0926. The van der Waals surface area contributed by atoms with Gasteiger partial charge >= 0.3 is 6.80 Å². The Morgan fingerprint density at radius 1 is 1.44 bits per heavy atom. The summed E-state index contributed by atoms with van der Waals surface area (Å²) in [6.45, 7) is 5.94. The van der Waals surface area contributed by atoms with Crippen LogP contribution < -0.4 is 0 Å². The third-order valence-electron chi connectivity index (χ3n) is 1.19. The van der Waals surface area contributed by atoms with E-state index < -0.39 is 12.4 Å². The number of nitrogens with zero attached hydrogens (tertiary/aromatic N) is 1. The van der Waals surface area contributed by atoms with Crippen molar-refractivity contribution in [3.63, 3.8) is 0 Å². The Morgan fingerprint density at radius 3 is 2.38 bits per heavy atom. The highest BCUT2D eigenvalue weighted by atomic mass is 32.7. The summed E-state index contributed by atoms with van der Waals surface area (Å²) in [7, 11) is 0. The molecule has 0 aromatic rings. The Kier molecular flexibility index (Phi) is 6.65. The van der Waals surface area contributed by atoms with Crippen molar-refractivity contribution < 1.29 is 13.6 Å². The lowest BCUT2D eigenvalue weighted by atomic mass is 10.2. The molecule has 0 amide bonds. The Hall–Kier alpha value is -0.01000. The zero-order valence-corrected chi connectivity index (χ0v) is 12.2. The summed E-state index contributed by atoms with van der Waals surface area (Å²) < 4.78 is 23.1. The average Bonchev–Trinajstić information content (AvgIpc) is 1.98. The highest BCUT2D eigenvalue weighted by molar-refractivity contribution is 8.55. The molecule has 1 unspecified atom stereocenters. The van der Waals surface area contributed by atoms with E-state index in [9.17, 15) is 4.57 Å². The van der Waals surface area contributed by atoms with Gasteiger partial charge in [-0.1, -0.05) is 0 Å². The van der Waals surface area contributed by atoms with E-state index in [1.807, 2.05) is 40.7 Å². The van der Waals surface area contributed by atoms with E-state index in [1.54, 1.807) is 0 Å². The first-order chi connectivity index (χ1) is 7.18. The molecule has 0 rings (SSSR count). The van der Waals surface area contributed by atoms with Gasteiger partial charge in [0, 0.05) is 12.2 Å². The van der Waals surface area contributed by atoms with Crippen LogP contribution in [0.15, 0.2) is 0 Å². The van der Waals surface area contributed by atoms with Gasteiger partial charge in [-0.15, -0.1) is 0 Å². The SMILES string of the molecule is CC(C)OP(=O)(OC(C)(C)C)SCCC#N. The molecule has 16 heavy (non-hydrogen) atoms. The summed E-state index contributed by atoms with van der Waals surface area (Å²) in [4.78, 5) is 0. The Bertz CT molecular complexity index is 293. The molecule has 0 saturated carbocycles. The lowest BCUT2D eigenvalue weighted by Crippen LogP contribution is -2.18. The molecule has 0 radical (unpaired) electrons. The fraction of sp³-hybridized carbons (Fsp3) is 0.900. The van der Waals surface area contributed by atoms with Gasteiger partial charge in [-0.05, 0) is 46.0 Å². The molecule has 0 saturated heterocycles. The maximum Gasteiger partial charge on any atom is 0.389 e. The van der Waals surface area contributed by atoms with Crippen molar-refractivity contribution in [3.8, 4) is 6.07 Å². The minimum atomic E-state index is -3.16. The van der Waals surface area contributed by atoms with Gasteiger partial charge in [-0.2, -0.15) is 5.26 Å². The van der Waals surface area contributed by atoms with Crippen molar-refractivity contribution in [2.45, 2.75) is 52.7 Å². The largest absolute Gasteiger partial charge is 0.389 e. The molecule has 0 aromatic heterocycles. The van der Waals surface area contributed by atoms with Crippen molar-refractivity contribution >= 4 is 18.2 Å². The average molecular weight is 265 g/mol. The molecule has 1 atom stereocenters. The van der Waals surface area contributed by atoms with Gasteiger partial charge in [0.2, 0.25) is 0 Å². The lowest BCUT2D eigenvalue weighted by Gasteiger charge is -2.27. The van der Waals surface area contributed by atoms with E-state index in [2.05, 4.69) is 0 Å². The van der Waals surface area contributed by atoms with Gasteiger partial charge in [0.05, 0.1) is 17.8 Å². The first-order valence-corrected chi connectivity index (χ1v) is 8.32. The van der Waals surface area contributed by atoms with Crippen LogP contribution in [0.3, 0.4) is 0 Å². The zero-order valence-electron chi connectivity index (χ0n) is 10.5. The number of nitriles is 1. The molecule has 0 aliphatic heterocycles. The highest BCUT2D eigenvalue weighted by Gasteiger charge is 2.32. The van der Waals surface area contributed by atoms with Crippen LogP contribution in [0.5, 0.6) is 0 Å². The van der Waals surface area contributed by atoms with Crippen LogP contribution >= 0.6 is 18.2 Å². The third kappa shape index (κ3) is 8.18. The molecule has 0 aromatic carbocycles. The normalized spacial score (nSPS) is 15.8. The summed E-state index contributed by atoms with van der Waals surface area (Å²) in [6.07, 6.45) is 0.173. The quantitative estimate of drug-likeness (QED) is 0.537. The van der Waals surface area contributed by atoms with E-state index in [-0.39, 0.29) is 6.10 Å². The van der Waals surface area contributed by atoms with E-state index in [1.165, 1.54) is 0 Å². The monoisotopic (exact) mass is 265 g/mol. The van der Waals surface area contributed by atoms with Crippen LogP contribution in [-0.2, 0) is 13.6 Å². The number of hydrogen-bond acceptors (Lipinski definition) is 5. The first-order valence-electron chi connectivity index (χ1n) is 5.19. The summed E-state index contributed by atoms with van der Waals surface area (Å²) >= 11 is 1.09. The number of hydrogen-bond donors (Lipinski definition) is 0. The summed E-state index contributed by atoms with van der Waals surface area (Å²) in [5, 5.41) is 8.44. The molecule has 0 spiro atoms. The summed E-state index contributed by atoms with van der Waals surface area (Å²) in [5.41, 5.74) is -0.524. The van der Waals surface area contributed by atoms with Crippen LogP contribution in [0.4, 0.5) is 0 Å². The fourth-order valence-electron chi connectivity index (χ4n) is 0.875. The molecule has 0 N–H and O–H groups in total. The van der Waals surface area contributed by atoms with Gasteiger partial charge in [0.15, 0.2) is 0 Å². The third-order valence-corrected chi connectivity index (χ3v) is 5.32. The molecule has 0 aliphatic carbocycles. The molecular weight excluding hydrogens is 245 g/mol. The first kappa shape index (κ1) is 16.0. The van der Waals surface area contributed by atoms with Gasteiger partial charge < -0.3 is 0 Å². The van der Waals surface area contributed by atoms with Gasteiger partial charge in [0.1, 0.15) is 0 Å². The van der Waals surface area contributed by atoms with Crippen molar-refractivity contribution in [3.05, 3.63) is 0 Å². The van der Waals surface area contributed by atoms with E-state index >= 15 is 0 Å². The smallest absolute Gasteiger partial charge is 0.298 e. The molecule has 4 nitrogen and oxygen atoms in total. The molecule has 0 fully saturated rings. The second-order valence-corrected chi connectivity index (χ2v) is 8.62. The van der Waals surface area contributed by atoms with Crippen LogP contribution in [0, 0.1) is 11.3 Å². The van der Waals surface area contributed by atoms with E-state index in [0.717, 1.165) is 11.4 Å². The predicted octanol–water partition coefficient (Wildman–Crippen LogP) is 3.98. The van der Waals surface area contributed by atoms with Gasteiger partial charge in [-0.3, -0.25) is 9.05 Å². The second kappa shape index (κ2) is 6.66. The fourth-order valence-corrected chi connectivity index (χ4v) is 5.10. The highest BCUT2D eigenvalue weighted by Crippen LogP contribution is 2.63. The van der Waals surface area contributed by atoms with Crippen LogP contribution in [0.2, 0.25) is 0 Å². The number of rotatable bonds is 6. The Balaban J connectivity index is 4.50. The summed E-state index contributed by atoms with van der Waals surface area (Å²) in [6, 6.07) is 2.00. The Labute approximate surface area is 102 Å². The minimum Gasteiger partial charge on any atom is -0.298 e. The van der Waals surface area contributed by atoms with E-state index in [0.29, 0.717) is 12.2 Å². The van der Waals surface area contributed by atoms with E-state index in [4.69, 9.17) is 14.3 Å². The molecule has 0 aliphatic rings. The molecular formula is C10H20NO3PS.